The topological polar surface area (TPSA) is 49.4 Å². The van der Waals surface area contributed by atoms with Crippen molar-refractivity contribution in [3.05, 3.63) is 76.7 Å². The summed E-state index contributed by atoms with van der Waals surface area (Å²) >= 11 is 0. The normalized spacial score (nSPS) is 25.4. The SMILES string of the molecule is Cc1ccc(/C=C/S(=O)(=O)NC2CC3CCC(C2)N3Cc2ccccc2)cc1. The molecule has 4 rings (SSSR count). The lowest BCUT2D eigenvalue weighted by Crippen LogP contribution is -2.49. The van der Waals surface area contributed by atoms with Gasteiger partial charge in [-0.3, -0.25) is 4.90 Å². The van der Waals surface area contributed by atoms with Crippen molar-refractivity contribution in [2.45, 2.75) is 57.3 Å². The van der Waals surface area contributed by atoms with Gasteiger partial charge >= 0.3 is 0 Å². The Bertz CT molecular complexity index is 909. The molecule has 0 amide bonds. The van der Waals surface area contributed by atoms with Crippen LogP contribution in [0.5, 0.6) is 0 Å². The number of nitrogens with zero attached hydrogens (tertiary/aromatic N) is 1. The summed E-state index contributed by atoms with van der Waals surface area (Å²) in [5.41, 5.74) is 3.39. The molecule has 2 bridgehead atoms. The molecule has 148 valence electrons. The number of aryl methyl sites for hydroxylation is 1. The third-order valence-electron chi connectivity index (χ3n) is 5.94. The minimum Gasteiger partial charge on any atom is -0.293 e. The molecule has 0 aliphatic carbocycles. The van der Waals surface area contributed by atoms with Crippen molar-refractivity contribution in [3.8, 4) is 0 Å². The zero-order valence-corrected chi connectivity index (χ0v) is 17.1. The molecule has 1 N–H and O–H groups in total. The Balaban J connectivity index is 1.37. The Kier molecular flexibility index (Phi) is 5.67. The fourth-order valence-electron chi connectivity index (χ4n) is 4.54. The number of rotatable bonds is 6. The second kappa shape index (κ2) is 8.19. The van der Waals surface area contributed by atoms with E-state index in [1.165, 1.54) is 11.0 Å². The van der Waals surface area contributed by atoms with Crippen LogP contribution in [0.25, 0.3) is 6.08 Å². The van der Waals surface area contributed by atoms with Crippen molar-refractivity contribution in [2.24, 2.45) is 0 Å². The summed E-state index contributed by atoms with van der Waals surface area (Å²) in [6, 6.07) is 19.3. The molecule has 0 spiro atoms. The maximum Gasteiger partial charge on any atom is 0.233 e. The maximum absolute atomic E-state index is 12.5. The fraction of sp³-hybridized carbons (Fsp3) is 0.391. The van der Waals surface area contributed by atoms with Crippen LogP contribution in [0, 0.1) is 6.92 Å². The zero-order valence-electron chi connectivity index (χ0n) is 16.3. The summed E-state index contributed by atoms with van der Waals surface area (Å²) in [6.45, 7) is 2.98. The van der Waals surface area contributed by atoms with Crippen LogP contribution in [0.2, 0.25) is 0 Å². The Morgan fingerprint density at radius 1 is 1.00 bits per heavy atom. The Morgan fingerprint density at radius 2 is 1.64 bits per heavy atom. The van der Waals surface area contributed by atoms with E-state index in [4.69, 9.17) is 0 Å². The first-order valence-corrected chi connectivity index (χ1v) is 11.6. The second-order valence-electron chi connectivity index (χ2n) is 8.09. The van der Waals surface area contributed by atoms with E-state index < -0.39 is 10.0 Å². The molecule has 4 nitrogen and oxygen atoms in total. The Morgan fingerprint density at radius 3 is 2.29 bits per heavy atom. The lowest BCUT2D eigenvalue weighted by atomic mass is 9.97. The number of fused-ring (bicyclic) bond motifs is 2. The molecule has 0 aromatic heterocycles. The van der Waals surface area contributed by atoms with Gasteiger partial charge in [0.25, 0.3) is 0 Å². The third-order valence-corrected chi connectivity index (χ3v) is 7.10. The standard InChI is InChI=1S/C23H28N2O2S/c1-18-7-9-19(10-8-18)13-14-28(26,27)24-21-15-22-11-12-23(16-21)25(22)17-20-5-3-2-4-6-20/h2-10,13-14,21-24H,11-12,15-17H2,1H3/b14-13+. The molecule has 0 radical (unpaired) electrons. The van der Waals surface area contributed by atoms with Gasteiger partial charge in [-0.1, -0.05) is 60.2 Å². The lowest BCUT2D eigenvalue weighted by Gasteiger charge is -2.39. The predicted octanol–water partition coefficient (Wildman–Crippen LogP) is 4.08. The van der Waals surface area contributed by atoms with Crippen LogP contribution < -0.4 is 4.72 Å². The first kappa shape index (κ1) is 19.4. The van der Waals surface area contributed by atoms with Crippen LogP contribution in [0.15, 0.2) is 60.0 Å². The molecule has 28 heavy (non-hydrogen) atoms. The van der Waals surface area contributed by atoms with Gasteiger partial charge in [-0.05, 0) is 49.8 Å². The number of sulfonamides is 1. The number of benzene rings is 2. The molecule has 2 fully saturated rings. The minimum atomic E-state index is -3.43. The van der Waals surface area contributed by atoms with Crippen molar-refractivity contribution in [1.29, 1.82) is 0 Å². The van der Waals surface area contributed by atoms with Gasteiger partial charge in [-0.2, -0.15) is 0 Å². The van der Waals surface area contributed by atoms with Crippen LogP contribution in [0.3, 0.4) is 0 Å². The monoisotopic (exact) mass is 396 g/mol. The van der Waals surface area contributed by atoms with Gasteiger partial charge in [0, 0.05) is 30.1 Å². The van der Waals surface area contributed by atoms with Gasteiger partial charge in [-0.25, -0.2) is 13.1 Å². The smallest absolute Gasteiger partial charge is 0.233 e. The first-order valence-electron chi connectivity index (χ1n) is 10.1. The van der Waals surface area contributed by atoms with Gasteiger partial charge in [0.05, 0.1) is 0 Å². The number of hydrogen-bond donors (Lipinski definition) is 1. The van der Waals surface area contributed by atoms with Crippen LogP contribution in [0.1, 0.15) is 42.4 Å². The van der Waals surface area contributed by atoms with Gasteiger partial charge in [-0.15, -0.1) is 0 Å². The maximum atomic E-state index is 12.5. The van der Waals surface area contributed by atoms with E-state index in [2.05, 4.69) is 33.9 Å². The second-order valence-corrected chi connectivity index (χ2v) is 9.69. The van der Waals surface area contributed by atoms with E-state index >= 15 is 0 Å². The molecule has 0 saturated carbocycles. The van der Waals surface area contributed by atoms with Gasteiger partial charge < -0.3 is 0 Å². The largest absolute Gasteiger partial charge is 0.293 e. The zero-order chi connectivity index (χ0) is 19.6. The minimum absolute atomic E-state index is 0.0252. The average molecular weight is 397 g/mol. The van der Waals surface area contributed by atoms with Crippen molar-refractivity contribution in [2.75, 3.05) is 0 Å². The summed E-state index contributed by atoms with van der Waals surface area (Å²) in [5.74, 6) is 0. The third kappa shape index (κ3) is 4.72. The highest BCUT2D eigenvalue weighted by Crippen LogP contribution is 2.37. The van der Waals surface area contributed by atoms with E-state index in [0.29, 0.717) is 12.1 Å². The summed E-state index contributed by atoms with van der Waals surface area (Å²) in [4.78, 5) is 2.57. The van der Waals surface area contributed by atoms with E-state index in [1.54, 1.807) is 6.08 Å². The van der Waals surface area contributed by atoms with E-state index in [9.17, 15) is 8.42 Å². The molecule has 5 heteroatoms. The number of piperidine rings is 1. The molecule has 2 aliphatic heterocycles. The average Bonchev–Trinajstić information content (AvgIpc) is 2.91. The molecular weight excluding hydrogens is 368 g/mol. The molecular formula is C23H28N2O2S. The molecule has 2 aliphatic rings. The predicted molar refractivity (Wildman–Crippen MR) is 114 cm³/mol. The number of nitrogens with one attached hydrogen (secondary N) is 1. The molecule has 2 heterocycles. The van der Waals surface area contributed by atoms with Crippen LogP contribution in [-0.4, -0.2) is 31.4 Å². The quantitative estimate of drug-likeness (QED) is 0.800. The molecule has 2 unspecified atom stereocenters. The molecule has 2 saturated heterocycles. The Labute approximate surface area is 168 Å². The molecule has 2 atom stereocenters. The first-order chi connectivity index (χ1) is 13.5. The summed E-state index contributed by atoms with van der Waals surface area (Å²) in [6.07, 6.45) is 5.77. The van der Waals surface area contributed by atoms with Gasteiger partial charge in [0.15, 0.2) is 0 Å². The lowest BCUT2D eigenvalue weighted by molar-refractivity contribution is 0.116. The highest BCUT2D eigenvalue weighted by molar-refractivity contribution is 7.92. The van der Waals surface area contributed by atoms with Crippen molar-refractivity contribution < 1.29 is 8.42 Å². The van der Waals surface area contributed by atoms with Crippen LogP contribution in [0.4, 0.5) is 0 Å². The van der Waals surface area contributed by atoms with E-state index in [-0.39, 0.29) is 6.04 Å². The van der Waals surface area contributed by atoms with Gasteiger partial charge in [0.1, 0.15) is 0 Å². The fourth-order valence-corrected chi connectivity index (χ4v) is 5.61. The summed E-state index contributed by atoms with van der Waals surface area (Å²) in [7, 11) is -3.43. The molecule has 2 aromatic carbocycles. The number of hydrogen-bond acceptors (Lipinski definition) is 3. The Hall–Kier alpha value is -1.95. The summed E-state index contributed by atoms with van der Waals surface area (Å²) in [5, 5.41) is 1.30. The molecule has 2 aromatic rings. The van der Waals surface area contributed by atoms with Crippen molar-refractivity contribution in [1.82, 2.24) is 9.62 Å². The van der Waals surface area contributed by atoms with Crippen molar-refractivity contribution >= 4 is 16.1 Å². The highest BCUT2D eigenvalue weighted by atomic mass is 32.2. The van der Waals surface area contributed by atoms with E-state index in [0.717, 1.165) is 43.4 Å². The van der Waals surface area contributed by atoms with Crippen LogP contribution in [-0.2, 0) is 16.6 Å². The van der Waals surface area contributed by atoms with Crippen molar-refractivity contribution in [3.63, 3.8) is 0 Å². The van der Waals surface area contributed by atoms with E-state index in [1.807, 2.05) is 37.3 Å². The highest BCUT2D eigenvalue weighted by Gasteiger charge is 2.41. The summed E-state index contributed by atoms with van der Waals surface area (Å²) < 4.78 is 28.0. The van der Waals surface area contributed by atoms with Crippen LogP contribution >= 0.6 is 0 Å². The van der Waals surface area contributed by atoms with Gasteiger partial charge in [0.2, 0.25) is 10.0 Å².